The highest BCUT2D eigenvalue weighted by molar-refractivity contribution is 5.89. The molecule has 8 heteroatoms. The molecule has 7 nitrogen and oxygen atoms in total. The molecule has 0 fully saturated rings. The maximum absolute atomic E-state index is 14.4. The summed E-state index contributed by atoms with van der Waals surface area (Å²) in [6.07, 6.45) is 3.89. The van der Waals surface area contributed by atoms with Crippen molar-refractivity contribution < 1.29 is 18.7 Å². The molecule has 0 radical (unpaired) electrons. The van der Waals surface area contributed by atoms with Crippen molar-refractivity contribution in [2.24, 2.45) is 0 Å². The fourth-order valence-electron chi connectivity index (χ4n) is 3.48. The van der Waals surface area contributed by atoms with Gasteiger partial charge < -0.3 is 14.5 Å². The van der Waals surface area contributed by atoms with Crippen molar-refractivity contribution in [1.82, 2.24) is 14.8 Å². The number of nitrogens with zero attached hydrogens (tertiary/aromatic N) is 2. The number of rotatable bonds is 6. The molecule has 4 aromatic rings. The molecule has 2 heterocycles. The van der Waals surface area contributed by atoms with Gasteiger partial charge in [-0.1, -0.05) is 12.1 Å². The summed E-state index contributed by atoms with van der Waals surface area (Å²) in [6.45, 7) is 1.43. The molecule has 4 rings (SSSR count). The minimum Gasteiger partial charge on any atom is -0.481 e. The number of methoxy groups -OCH3 is 1. The van der Waals surface area contributed by atoms with E-state index >= 15 is 0 Å². The number of hydrogen-bond acceptors (Lipinski definition) is 5. The summed E-state index contributed by atoms with van der Waals surface area (Å²) >= 11 is 0. The molecular formula is C23H20FN3O4. The van der Waals surface area contributed by atoms with E-state index in [0.717, 1.165) is 11.3 Å². The molecule has 2 aromatic carbocycles. The zero-order chi connectivity index (χ0) is 22.0. The average Bonchev–Trinajstić information content (AvgIpc) is 3.31. The van der Waals surface area contributed by atoms with Crippen LogP contribution in [0.15, 0.2) is 59.7 Å². The van der Waals surface area contributed by atoms with Gasteiger partial charge in [0, 0.05) is 29.8 Å². The number of ether oxygens (including phenoxy) is 2. The Hall–Kier alpha value is -3.94. The summed E-state index contributed by atoms with van der Waals surface area (Å²) in [5, 5.41) is 4.62. The summed E-state index contributed by atoms with van der Waals surface area (Å²) in [5.74, 6) is -0.835. The lowest BCUT2D eigenvalue weighted by molar-refractivity contribution is -0.142. The van der Waals surface area contributed by atoms with E-state index < -0.39 is 11.8 Å². The number of fused-ring (bicyclic) bond motifs is 1. The summed E-state index contributed by atoms with van der Waals surface area (Å²) in [5.41, 5.74) is 2.57. The number of aryl methyl sites for hydroxylation is 1. The van der Waals surface area contributed by atoms with Gasteiger partial charge in [-0.2, -0.15) is 5.10 Å². The van der Waals surface area contributed by atoms with E-state index in [1.807, 2.05) is 36.5 Å². The zero-order valence-electron chi connectivity index (χ0n) is 17.0. The molecule has 0 aliphatic heterocycles. The van der Waals surface area contributed by atoms with Crippen LogP contribution in [0.1, 0.15) is 16.7 Å². The number of nitrogens with one attached hydrogen (secondary N) is 1. The van der Waals surface area contributed by atoms with Crippen molar-refractivity contribution in [3.05, 3.63) is 87.7 Å². The summed E-state index contributed by atoms with van der Waals surface area (Å²) in [7, 11) is 1.26. The summed E-state index contributed by atoms with van der Waals surface area (Å²) in [4.78, 5) is 26.8. The molecule has 0 bridgehead atoms. The normalized spacial score (nSPS) is 10.9. The Balaban J connectivity index is 1.72. The number of pyridine rings is 1. The molecule has 0 spiro atoms. The minimum absolute atomic E-state index is 0.0441. The number of benzene rings is 2. The van der Waals surface area contributed by atoms with Crippen LogP contribution in [0.5, 0.6) is 5.75 Å². The highest BCUT2D eigenvalue weighted by Gasteiger charge is 2.17. The molecule has 0 aliphatic carbocycles. The quantitative estimate of drug-likeness (QED) is 0.483. The molecule has 0 unspecified atom stereocenters. The molecule has 0 saturated heterocycles. The van der Waals surface area contributed by atoms with Crippen LogP contribution in [0, 0.1) is 12.7 Å². The first kappa shape index (κ1) is 20.3. The third-order valence-corrected chi connectivity index (χ3v) is 5.12. The molecule has 158 valence electrons. The molecule has 0 atom stereocenters. The van der Waals surface area contributed by atoms with Crippen LogP contribution >= 0.6 is 0 Å². The van der Waals surface area contributed by atoms with Gasteiger partial charge in [0.15, 0.2) is 6.61 Å². The van der Waals surface area contributed by atoms with Gasteiger partial charge in [-0.3, -0.25) is 4.79 Å². The lowest BCUT2D eigenvalue weighted by Gasteiger charge is -2.14. The first-order valence-electron chi connectivity index (χ1n) is 9.60. The van der Waals surface area contributed by atoms with Gasteiger partial charge in [0.2, 0.25) is 0 Å². The summed E-state index contributed by atoms with van der Waals surface area (Å²) in [6, 6.07) is 12.1. The van der Waals surface area contributed by atoms with Crippen molar-refractivity contribution in [2.75, 3.05) is 13.7 Å². The molecule has 31 heavy (non-hydrogen) atoms. The van der Waals surface area contributed by atoms with Gasteiger partial charge in [0.25, 0.3) is 5.56 Å². The van der Waals surface area contributed by atoms with E-state index in [1.165, 1.54) is 19.2 Å². The third kappa shape index (κ3) is 4.05. The zero-order valence-corrected chi connectivity index (χ0v) is 17.0. The fourth-order valence-corrected chi connectivity index (χ4v) is 3.48. The van der Waals surface area contributed by atoms with E-state index in [9.17, 15) is 14.0 Å². The summed E-state index contributed by atoms with van der Waals surface area (Å²) < 4.78 is 26.3. The van der Waals surface area contributed by atoms with Crippen molar-refractivity contribution in [3.8, 4) is 11.4 Å². The monoisotopic (exact) mass is 421 g/mol. The number of carbonyl (C=O) groups excluding carboxylic acids is 1. The van der Waals surface area contributed by atoms with Crippen molar-refractivity contribution in [1.29, 1.82) is 0 Å². The number of hydrogen-bond donors (Lipinski definition) is 1. The number of aromatic nitrogens is 3. The molecular weight excluding hydrogens is 401 g/mol. The molecule has 0 saturated carbocycles. The second kappa shape index (κ2) is 8.43. The average molecular weight is 421 g/mol. The van der Waals surface area contributed by atoms with Crippen LogP contribution in [0.2, 0.25) is 0 Å². The highest BCUT2D eigenvalue weighted by Crippen LogP contribution is 2.30. The third-order valence-electron chi connectivity index (χ3n) is 5.12. The minimum atomic E-state index is -0.573. The Morgan fingerprint density at radius 1 is 1.19 bits per heavy atom. The van der Waals surface area contributed by atoms with Gasteiger partial charge in [0.05, 0.1) is 18.3 Å². The van der Waals surface area contributed by atoms with Gasteiger partial charge in [0.1, 0.15) is 11.6 Å². The first-order valence-corrected chi connectivity index (χ1v) is 9.60. The maximum Gasteiger partial charge on any atom is 0.343 e. The highest BCUT2D eigenvalue weighted by atomic mass is 19.1. The van der Waals surface area contributed by atoms with E-state index in [1.54, 1.807) is 17.8 Å². The topological polar surface area (TPSA) is 86.2 Å². The Bertz CT molecular complexity index is 1300. The SMILES string of the molecule is COC(=O)COc1ccc(F)c2[nH]c(=O)c(Cc3ccc(-n4cccn4)cc3)c(C)c12. The fraction of sp³-hybridized carbons (Fsp3) is 0.174. The number of aromatic amines is 1. The standard InChI is InChI=1S/C23H20FN3O4/c1-14-17(12-15-4-6-16(7-5-15)27-11-3-10-25-27)23(29)26-22-18(24)8-9-19(21(14)22)31-13-20(28)30-2/h3-11H,12-13H2,1-2H3,(H,26,29). The molecule has 0 amide bonds. The van der Waals surface area contributed by atoms with Crippen LogP contribution < -0.4 is 10.3 Å². The van der Waals surface area contributed by atoms with Gasteiger partial charge >= 0.3 is 5.97 Å². The van der Waals surface area contributed by atoms with E-state index in [4.69, 9.17) is 4.74 Å². The first-order chi connectivity index (χ1) is 15.0. The van der Waals surface area contributed by atoms with E-state index in [-0.39, 0.29) is 17.7 Å². The van der Waals surface area contributed by atoms with Crippen LogP contribution in [-0.4, -0.2) is 34.5 Å². The van der Waals surface area contributed by atoms with Crippen molar-refractivity contribution >= 4 is 16.9 Å². The Morgan fingerprint density at radius 2 is 1.97 bits per heavy atom. The smallest absolute Gasteiger partial charge is 0.343 e. The Morgan fingerprint density at radius 3 is 2.65 bits per heavy atom. The van der Waals surface area contributed by atoms with Gasteiger partial charge in [-0.05, 0) is 48.4 Å². The van der Waals surface area contributed by atoms with Crippen LogP contribution in [0.25, 0.3) is 16.6 Å². The predicted octanol–water partition coefficient (Wildman–Crippen LogP) is 3.30. The molecule has 0 aliphatic rings. The Labute approximate surface area is 177 Å². The number of esters is 1. The number of halogens is 1. The second-order valence-corrected chi connectivity index (χ2v) is 7.01. The lowest BCUT2D eigenvalue weighted by Crippen LogP contribution is -2.17. The van der Waals surface area contributed by atoms with E-state index in [0.29, 0.717) is 28.7 Å². The number of H-pyrrole nitrogens is 1. The molecule has 2 aromatic heterocycles. The van der Waals surface area contributed by atoms with Crippen LogP contribution in [0.3, 0.4) is 0 Å². The predicted molar refractivity (Wildman–Crippen MR) is 113 cm³/mol. The van der Waals surface area contributed by atoms with Crippen molar-refractivity contribution in [3.63, 3.8) is 0 Å². The second-order valence-electron chi connectivity index (χ2n) is 7.01. The van der Waals surface area contributed by atoms with Gasteiger partial charge in [-0.25, -0.2) is 13.9 Å². The van der Waals surface area contributed by atoms with Crippen molar-refractivity contribution in [2.45, 2.75) is 13.3 Å². The van der Waals surface area contributed by atoms with E-state index in [2.05, 4.69) is 14.8 Å². The Kier molecular flexibility index (Phi) is 5.53. The van der Waals surface area contributed by atoms with Crippen LogP contribution in [0.4, 0.5) is 4.39 Å². The van der Waals surface area contributed by atoms with Gasteiger partial charge in [-0.15, -0.1) is 0 Å². The maximum atomic E-state index is 14.4. The molecule has 1 N–H and O–H groups in total. The van der Waals surface area contributed by atoms with Crippen LogP contribution in [-0.2, 0) is 16.0 Å². The number of carbonyl (C=O) groups is 1. The lowest BCUT2D eigenvalue weighted by atomic mass is 9.98. The largest absolute Gasteiger partial charge is 0.481 e.